The van der Waals surface area contributed by atoms with Crippen LogP contribution in [0.3, 0.4) is 0 Å². The van der Waals surface area contributed by atoms with Crippen molar-refractivity contribution in [3.05, 3.63) is 11.6 Å². The average molecular weight is 321 g/mol. The van der Waals surface area contributed by atoms with E-state index < -0.39 is 24.3 Å². The van der Waals surface area contributed by atoms with Crippen LogP contribution < -0.4 is 0 Å². The van der Waals surface area contributed by atoms with Crippen LogP contribution in [0.5, 0.6) is 0 Å². The lowest BCUT2D eigenvalue weighted by molar-refractivity contribution is -0.132. The fraction of sp³-hybridized carbons (Fsp3) is 0.857. The first kappa shape index (κ1) is 11.8. The molecule has 128 valence electrons. The first-order valence-electron chi connectivity index (χ1n) is 11.6. The van der Waals surface area contributed by atoms with Crippen molar-refractivity contribution in [3.8, 4) is 0 Å². The second kappa shape index (κ2) is 5.44. The number of carbonyl (C=O) groups excluding carboxylic acids is 1. The minimum atomic E-state index is -2.22. The minimum Gasteiger partial charge on any atom is -0.389 e. The zero-order valence-electron chi connectivity index (χ0n) is 18.2. The van der Waals surface area contributed by atoms with Crippen LogP contribution in [0.25, 0.3) is 0 Å². The van der Waals surface area contributed by atoms with Crippen molar-refractivity contribution in [2.45, 2.75) is 83.6 Å². The number of carbonyl (C=O) groups is 1. The highest BCUT2D eigenvalue weighted by atomic mass is 16.3. The van der Waals surface area contributed by atoms with Crippen LogP contribution in [0.2, 0.25) is 0 Å². The molecule has 4 rings (SSSR count). The number of hydrogen-bond donors (Lipinski definition) is 1. The Morgan fingerprint density at radius 2 is 2.13 bits per heavy atom. The molecule has 2 unspecified atom stereocenters. The zero-order valence-corrected chi connectivity index (χ0v) is 14.2. The molecule has 3 fully saturated rings. The quantitative estimate of drug-likeness (QED) is 0.803. The summed E-state index contributed by atoms with van der Waals surface area (Å²) in [4.78, 5) is 11.8. The molecule has 2 nitrogen and oxygen atoms in total. The number of aliphatic hydroxyl groups is 1. The van der Waals surface area contributed by atoms with E-state index in [9.17, 15) is 9.90 Å². The standard InChI is InChI=1S/C21H32O2/c1-3-20-11-9-17-16-8-6-15(22)13-14(16)5-7-18(17)19(20)10-12-21(20,23)4-2/h13,16-19,23H,3-12H2,1-2H3/t16-,17?,18+,19?,20-,21-/m1/s1/i2D2,4D2. The largest absolute Gasteiger partial charge is 0.389 e. The van der Waals surface area contributed by atoms with Crippen molar-refractivity contribution < 1.29 is 15.4 Å². The van der Waals surface area contributed by atoms with E-state index in [1.807, 2.05) is 6.08 Å². The lowest BCUT2D eigenvalue weighted by Gasteiger charge is -2.57. The van der Waals surface area contributed by atoms with Crippen LogP contribution in [0.15, 0.2) is 11.6 Å². The topological polar surface area (TPSA) is 37.3 Å². The van der Waals surface area contributed by atoms with Crippen LogP contribution in [-0.2, 0) is 4.79 Å². The van der Waals surface area contributed by atoms with Crippen LogP contribution in [-0.4, -0.2) is 16.5 Å². The van der Waals surface area contributed by atoms with E-state index in [1.165, 1.54) is 5.57 Å². The zero-order chi connectivity index (χ0) is 19.6. The molecule has 0 aromatic carbocycles. The predicted octanol–water partition coefficient (Wildman–Crippen LogP) is 4.66. The monoisotopic (exact) mass is 320 g/mol. The Morgan fingerprint density at radius 3 is 2.91 bits per heavy atom. The highest BCUT2D eigenvalue weighted by Gasteiger charge is 2.62. The average Bonchev–Trinajstić information content (AvgIpc) is 2.96. The fourth-order valence-corrected chi connectivity index (χ4v) is 6.96. The Kier molecular flexibility index (Phi) is 2.80. The van der Waals surface area contributed by atoms with Gasteiger partial charge in [0.05, 0.1) is 5.60 Å². The lowest BCUT2D eigenvalue weighted by Crippen LogP contribution is -2.53. The van der Waals surface area contributed by atoms with Gasteiger partial charge in [-0.25, -0.2) is 0 Å². The van der Waals surface area contributed by atoms with Gasteiger partial charge in [0.2, 0.25) is 0 Å². The summed E-state index contributed by atoms with van der Waals surface area (Å²) in [5.41, 5.74) is -0.779. The first-order chi connectivity index (χ1) is 12.7. The van der Waals surface area contributed by atoms with Gasteiger partial charge in [0.15, 0.2) is 5.78 Å². The molecule has 0 bridgehead atoms. The highest BCUT2D eigenvalue weighted by Crippen LogP contribution is 2.66. The van der Waals surface area contributed by atoms with Crippen molar-refractivity contribution in [2.24, 2.45) is 29.1 Å². The molecule has 0 aromatic rings. The van der Waals surface area contributed by atoms with E-state index in [2.05, 4.69) is 6.92 Å². The van der Waals surface area contributed by atoms with E-state index in [1.54, 1.807) is 0 Å². The Hall–Kier alpha value is -0.630. The molecular formula is C21H32O2. The van der Waals surface area contributed by atoms with Gasteiger partial charge in [-0.05, 0) is 87.5 Å². The predicted molar refractivity (Wildman–Crippen MR) is 92.0 cm³/mol. The molecule has 0 aliphatic heterocycles. The van der Waals surface area contributed by atoms with Gasteiger partial charge in [0, 0.05) is 17.3 Å². The number of fused-ring (bicyclic) bond motifs is 5. The van der Waals surface area contributed by atoms with E-state index in [0.29, 0.717) is 37.0 Å². The van der Waals surface area contributed by atoms with Crippen molar-refractivity contribution in [1.29, 1.82) is 0 Å². The Balaban J connectivity index is 1.69. The van der Waals surface area contributed by atoms with Gasteiger partial charge in [-0.1, -0.05) is 19.4 Å². The van der Waals surface area contributed by atoms with Crippen LogP contribution >= 0.6 is 0 Å². The van der Waals surface area contributed by atoms with Crippen LogP contribution in [0.4, 0.5) is 0 Å². The van der Waals surface area contributed by atoms with Gasteiger partial charge in [-0.3, -0.25) is 4.79 Å². The number of allylic oxidation sites excluding steroid dienone is 1. The lowest BCUT2D eigenvalue weighted by atomic mass is 9.49. The van der Waals surface area contributed by atoms with E-state index in [-0.39, 0.29) is 11.7 Å². The van der Waals surface area contributed by atoms with Gasteiger partial charge in [0.1, 0.15) is 0 Å². The summed E-state index contributed by atoms with van der Waals surface area (Å²) in [6.45, 7) is 0.364. The first-order valence-corrected chi connectivity index (χ1v) is 9.48. The maximum absolute atomic E-state index is 11.8. The van der Waals surface area contributed by atoms with Crippen LogP contribution in [0, 0.1) is 29.1 Å². The molecule has 0 radical (unpaired) electrons. The molecule has 0 aromatic heterocycles. The molecule has 0 saturated heterocycles. The van der Waals surface area contributed by atoms with E-state index >= 15 is 0 Å². The van der Waals surface area contributed by atoms with Crippen molar-refractivity contribution in [1.82, 2.24) is 0 Å². The summed E-state index contributed by atoms with van der Waals surface area (Å²) < 4.78 is 32.4. The smallest absolute Gasteiger partial charge is 0.155 e. The Labute approximate surface area is 146 Å². The summed E-state index contributed by atoms with van der Waals surface area (Å²) in [7, 11) is 0. The minimum absolute atomic E-state index is 0.263. The van der Waals surface area contributed by atoms with Gasteiger partial charge >= 0.3 is 0 Å². The Bertz CT molecular complexity index is 661. The summed E-state index contributed by atoms with van der Waals surface area (Å²) in [6.07, 6.45) is 6.84. The summed E-state index contributed by atoms with van der Waals surface area (Å²) in [6, 6.07) is 0. The molecular weight excluding hydrogens is 284 g/mol. The van der Waals surface area contributed by atoms with Crippen molar-refractivity contribution in [3.63, 3.8) is 0 Å². The molecule has 6 atom stereocenters. The number of hydrogen-bond acceptors (Lipinski definition) is 2. The third-order valence-corrected chi connectivity index (χ3v) is 8.02. The molecule has 0 heterocycles. The van der Waals surface area contributed by atoms with Gasteiger partial charge in [-0.15, -0.1) is 0 Å². The molecule has 3 saturated carbocycles. The molecule has 23 heavy (non-hydrogen) atoms. The summed E-state index contributed by atoms with van der Waals surface area (Å²) in [5, 5.41) is 11.6. The van der Waals surface area contributed by atoms with Gasteiger partial charge in [0.25, 0.3) is 0 Å². The number of rotatable bonds is 2. The highest BCUT2D eigenvalue weighted by molar-refractivity contribution is 5.91. The SMILES string of the molecule is [2H]C([2H])C([2H])([2H])[C@@]1(O)CCC2[C@H]3CCC4=CC(=O)CC[C@H]4C3CC[C@]21CC. The summed E-state index contributed by atoms with van der Waals surface area (Å²) in [5.74, 6) is 2.02. The normalized spacial score (nSPS) is 52.5. The second-order valence-corrected chi connectivity index (χ2v) is 8.40. The maximum Gasteiger partial charge on any atom is 0.155 e. The molecule has 1 N–H and O–H groups in total. The molecule has 2 heteroatoms. The van der Waals surface area contributed by atoms with Gasteiger partial charge < -0.3 is 5.11 Å². The van der Waals surface area contributed by atoms with Crippen molar-refractivity contribution in [2.75, 3.05) is 0 Å². The fourth-order valence-electron chi connectivity index (χ4n) is 6.96. The molecule has 4 aliphatic carbocycles. The third kappa shape index (κ3) is 2.06. The molecule has 0 amide bonds. The second-order valence-electron chi connectivity index (χ2n) is 8.40. The van der Waals surface area contributed by atoms with Crippen LogP contribution in [0.1, 0.15) is 83.4 Å². The maximum atomic E-state index is 11.8. The molecule has 4 aliphatic rings. The van der Waals surface area contributed by atoms with E-state index in [0.717, 1.165) is 38.5 Å². The number of ketones is 1. The van der Waals surface area contributed by atoms with Crippen molar-refractivity contribution >= 4 is 5.78 Å². The summed E-state index contributed by atoms with van der Waals surface area (Å²) >= 11 is 0. The van der Waals surface area contributed by atoms with E-state index in [4.69, 9.17) is 5.48 Å². The Morgan fingerprint density at radius 1 is 1.26 bits per heavy atom. The molecule has 0 spiro atoms. The third-order valence-electron chi connectivity index (χ3n) is 8.02. The van der Waals surface area contributed by atoms with Gasteiger partial charge in [-0.2, -0.15) is 0 Å².